The van der Waals surface area contributed by atoms with Crippen molar-refractivity contribution in [1.29, 1.82) is 0 Å². The zero-order valence-electron chi connectivity index (χ0n) is 18.2. The van der Waals surface area contributed by atoms with Crippen molar-refractivity contribution in [1.82, 2.24) is 29.8 Å². The van der Waals surface area contributed by atoms with E-state index in [0.717, 1.165) is 23.4 Å². The van der Waals surface area contributed by atoms with Gasteiger partial charge in [0.2, 0.25) is 11.9 Å². The number of anilines is 4. The van der Waals surface area contributed by atoms with Crippen molar-refractivity contribution in [2.45, 2.75) is 38.0 Å². The number of aromatic nitrogens is 6. The number of hydrogen-bond donors (Lipinski definition) is 4. The van der Waals surface area contributed by atoms with Gasteiger partial charge in [0, 0.05) is 36.8 Å². The molecule has 0 spiro atoms. The van der Waals surface area contributed by atoms with Crippen molar-refractivity contribution < 1.29 is 4.79 Å². The number of aromatic amines is 1. The van der Waals surface area contributed by atoms with E-state index in [1.807, 2.05) is 24.4 Å². The fraction of sp³-hybridized carbons (Fsp3) is 0.318. The number of halogens is 2. The van der Waals surface area contributed by atoms with Gasteiger partial charge in [0.1, 0.15) is 10.7 Å². The number of pyridine rings is 1. The van der Waals surface area contributed by atoms with Crippen LogP contribution >= 0.6 is 23.2 Å². The Bertz CT molecular complexity index is 1310. The first-order valence-corrected chi connectivity index (χ1v) is 11.8. The minimum atomic E-state index is -0.132. The van der Waals surface area contributed by atoms with Crippen molar-refractivity contribution in [2.75, 3.05) is 22.5 Å². The normalized spacial score (nSPS) is 13.2. The molecule has 0 aliphatic heterocycles. The lowest BCUT2D eigenvalue weighted by Crippen LogP contribution is -2.13. The fourth-order valence-corrected chi connectivity index (χ4v) is 3.95. The molecule has 1 saturated carbocycles. The number of nitrogens with one attached hydrogen (secondary N) is 4. The van der Waals surface area contributed by atoms with E-state index in [2.05, 4.69) is 41.2 Å². The third-order valence-electron chi connectivity index (χ3n) is 5.45. The lowest BCUT2D eigenvalue weighted by Gasteiger charge is -2.10. The van der Waals surface area contributed by atoms with Gasteiger partial charge in [0.25, 0.3) is 0 Å². The minimum absolute atomic E-state index is 0.132. The minimum Gasteiger partial charge on any atom is -0.353 e. The van der Waals surface area contributed by atoms with Crippen LogP contribution in [0.5, 0.6) is 0 Å². The highest BCUT2D eigenvalue weighted by Gasteiger charge is 2.25. The lowest BCUT2D eigenvalue weighted by atomic mass is 10.2. The molecule has 0 bridgehead atoms. The molecule has 4 aromatic rings. The summed E-state index contributed by atoms with van der Waals surface area (Å²) in [6.45, 7) is 0.622. The summed E-state index contributed by atoms with van der Waals surface area (Å²) >= 11 is 11.8. The monoisotopic (exact) mass is 499 g/mol. The van der Waals surface area contributed by atoms with E-state index in [-0.39, 0.29) is 16.2 Å². The number of amides is 1. The van der Waals surface area contributed by atoms with Crippen molar-refractivity contribution in [3.8, 4) is 0 Å². The van der Waals surface area contributed by atoms with Gasteiger partial charge in [-0.25, -0.2) is 9.50 Å². The molecule has 4 aromatic heterocycles. The van der Waals surface area contributed by atoms with Crippen molar-refractivity contribution in [3.05, 3.63) is 52.5 Å². The topological polar surface area (TPSA) is 125 Å². The van der Waals surface area contributed by atoms with Gasteiger partial charge in [-0.05, 0) is 49.9 Å². The molecule has 1 amide bonds. The highest BCUT2D eigenvalue weighted by Crippen LogP contribution is 2.39. The third-order valence-corrected chi connectivity index (χ3v) is 5.95. The Morgan fingerprint density at radius 1 is 1.18 bits per heavy atom. The lowest BCUT2D eigenvalue weighted by molar-refractivity contribution is -0.116. The number of fused-ring (bicyclic) bond motifs is 1. The van der Waals surface area contributed by atoms with Gasteiger partial charge in [0.15, 0.2) is 16.8 Å². The molecule has 0 aromatic carbocycles. The zero-order valence-corrected chi connectivity index (χ0v) is 19.7. The van der Waals surface area contributed by atoms with Crippen molar-refractivity contribution in [3.63, 3.8) is 0 Å². The number of rotatable bonds is 10. The van der Waals surface area contributed by atoms with Crippen LogP contribution in [0.25, 0.3) is 5.52 Å². The Morgan fingerprint density at radius 2 is 2.06 bits per heavy atom. The SMILES string of the molecule is O=C(CCCCNc1nc(Nc2cc(C3CC3)[nH]n2)c2cccn2n1)Nc1ccc(Cl)nc1Cl. The highest BCUT2D eigenvalue weighted by atomic mass is 35.5. The standard InChI is InChI=1S/C22H23Cl2N9O/c23-17-9-8-14(20(24)27-17)26-19(34)5-1-2-10-25-22-29-21(16-4-3-11-33(16)32-22)28-18-12-15(30-31-18)13-6-7-13/h3-4,8-9,11-13H,1-2,5-7,10H2,(H,26,34)(H3,25,28,29,30,31,32). The maximum Gasteiger partial charge on any atom is 0.243 e. The second-order valence-corrected chi connectivity index (χ2v) is 8.88. The first-order chi connectivity index (χ1) is 16.5. The molecular formula is C22H23Cl2N9O. The largest absolute Gasteiger partial charge is 0.353 e. The van der Waals surface area contributed by atoms with E-state index in [1.165, 1.54) is 12.8 Å². The van der Waals surface area contributed by atoms with Crippen molar-refractivity contribution in [2.24, 2.45) is 0 Å². The average molecular weight is 500 g/mol. The Hall–Kier alpha value is -3.37. The molecular weight excluding hydrogens is 477 g/mol. The smallest absolute Gasteiger partial charge is 0.243 e. The Labute approximate surface area is 205 Å². The van der Waals surface area contributed by atoms with Gasteiger partial charge >= 0.3 is 0 Å². The summed E-state index contributed by atoms with van der Waals surface area (Å²) in [5.41, 5.74) is 2.46. The summed E-state index contributed by atoms with van der Waals surface area (Å²) in [6.07, 6.45) is 6.09. The highest BCUT2D eigenvalue weighted by molar-refractivity contribution is 6.34. The molecule has 176 valence electrons. The maximum atomic E-state index is 12.2. The van der Waals surface area contributed by atoms with Crippen LogP contribution in [0.1, 0.15) is 43.7 Å². The summed E-state index contributed by atoms with van der Waals surface area (Å²) in [5.74, 6) is 2.36. The number of carbonyl (C=O) groups excluding carboxylic acids is 1. The Kier molecular flexibility index (Phi) is 6.50. The Balaban J connectivity index is 1.13. The van der Waals surface area contributed by atoms with E-state index in [4.69, 9.17) is 23.2 Å². The second kappa shape index (κ2) is 9.86. The first-order valence-electron chi connectivity index (χ1n) is 11.1. The van der Waals surface area contributed by atoms with E-state index in [1.54, 1.807) is 16.6 Å². The average Bonchev–Trinajstić information content (AvgIpc) is 3.36. The molecule has 34 heavy (non-hydrogen) atoms. The molecule has 5 rings (SSSR count). The summed E-state index contributed by atoms with van der Waals surface area (Å²) in [6, 6.07) is 9.11. The molecule has 12 heteroatoms. The molecule has 4 N–H and O–H groups in total. The first kappa shape index (κ1) is 22.4. The van der Waals surface area contributed by atoms with Crippen molar-refractivity contribution >= 4 is 57.9 Å². The van der Waals surface area contributed by atoms with Crippen LogP contribution in [0.2, 0.25) is 10.3 Å². The van der Waals surface area contributed by atoms with Gasteiger partial charge in [-0.3, -0.25) is 9.89 Å². The molecule has 0 unspecified atom stereocenters. The summed E-state index contributed by atoms with van der Waals surface area (Å²) in [7, 11) is 0. The summed E-state index contributed by atoms with van der Waals surface area (Å²) < 4.78 is 1.77. The zero-order chi connectivity index (χ0) is 23.5. The number of nitrogens with zero attached hydrogens (tertiary/aromatic N) is 5. The van der Waals surface area contributed by atoms with Gasteiger partial charge in [0.05, 0.1) is 5.69 Å². The third kappa shape index (κ3) is 5.40. The van der Waals surface area contributed by atoms with E-state index < -0.39 is 0 Å². The number of H-pyrrole nitrogens is 1. The van der Waals surface area contributed by atoms with Gasteiger partial charge < -0.3 is 16.0 Å². The molecule has 10 nitrogen and oxygen atoms in total. The van der Waals surface area contributed by atoms with Crippen LogP contribution < -0.4 is 16.0 Å². The fourth-order valence-electron chi connectivity index (χ4n) is 3.56. The van der Waals surface area contributed by atoms with Gasteiger partial charge in [-0.2, -0.15) is 10.1 Å². The molecule has 4 heterocycles. The van der Waals surface area contributed by atoms with Crippen LogP contribution in [-0.2, 0) is 4.79 Å². The maximum absolute atomic E-state index is 12.2. The Morgan fingerprint density at radius 3 is 2.88 bits per heavy atom. The van der Waals surface area contributed by atoms with Gasteiger partial charge in [-0.1, -0.05) is 23.2 Å². The second-order valence-electron chi connectivity index (χ2n) is 8.13. The van der Waals surface area contributed by atoms with Crippen LogP contribution in [0.15, 0.2) is 36.5 Å². The predicted molar refractivity (Wildman–Crippen MR) is 132 cm³/mol. The molecule has 1 aliphatic rings. The summed E-state index contributed by atoms with van der Waals surface area (Å²) in [5, 5.41) is 21.7. The molecule has 0 radical (unpaired) electrons. The van der Waals surface area contributed by atoms with Gasteiger partial charge in [-0.15, -0.1) is 5.10 Å². The molecule has 1 aliphatic carbocycles. The molecule has 1 fully saturated rings. The number of unbranched alkanes of at least 4 members (excludes halogenated alkanes) is 1. The molecule has 0 saturated heterocycles. The summed E-state index contributed by atoms with van der Waals surface area (Å²) in [4.78, 5) is 20.7. The van der Waals surface area contributed by atoms with E-state index >= 15 is 0 Å². The van der Waals surface area contributed by atoms with E-state index in [9.17, 15) is 4.79 Å². The molecule has 0 atom stereocenters. The van der Waals surface area contributed by atoms with Crippen LogP contribution in [0.4, 0.5) is 23.3 Å². The van der Waals surface area contributed by atoms with E-state index in [0.29, 0.717) is 42.8 Å². The quantitative estimate of drug-likeness (QED) is 0.179. The predicted octanol–water partition coefficient (Wildman–Crippen LogP) is 5.00. The number of hydrogen-bond acceptors (Lipinski definition) is 7. The number of carbonyl (C=O) groups is 1. The van der Waals surface area contributed by atoms with Crippen LogP contribution in [0.3, 0.4) is 0 Å². The van der Waals surface area contributed by atoms with Crippen LogP contribution in [0, 0.1) is 0 Å². The van der Waals surface area contributed by atoms with Crippen LogP contribution in [-0.4, -0.2) is 42.2 Å².